The third kappa shape index (κ3) is 2.69. The lowest BCUT2D eigenvalue weighted by molar-refractivity contribution is -0.142. The van der Waals surface area contributed by atoms with E-state index in [4.69, 9.17) is 0 Å². The summed E-state index contributed by atoms with van der Waals surface area (Å²) in [6, 6.07) is 8.04. The molecule has 3 rings (SSSR count). The molecule has 0 atom stereocenters. The van der Waals surface area contributed by atoms with Gasteiger partial charge in [0.25, 0.3) is 5.91 Å². The van der Waals surface area contributed by atoms with Crippen LogP contribution in [-0.4, -0.2) is 15.3 Å². The van der Waals surface area contributed by atoms with Crippen molar-refractivity contribution in [3.63, 3.8) is 0 Å². The maximum Gasteiger partial charge on any atom is 0.434 e. The topological polar surface area (TPSA) is 46.4 Å². The molecular weight excluding hydrogens is 315 g/mol. The van der Waals surface area contributed by atoms with Gasteiger partial charge in [0.15, 0.2) is 11.4 Å². The molecule has 0 bridgehead atoms. The lowest BCUT2D eigenvalue weighted by Gasteiger charge is -2.08. The fourth-order valence-electron chi connectivity index (χ4n) is 2.09. The number of thiophene rings is 1. The first-order valence-electron chi connectivity index (χ1n) is 6.31. The average molecular weight is 325 g/mol. The van der Waals surface area contributed by atoms with Gasteiger partial charge in [-0.3, -0.25) is 9.20 Å². The van der Waals surface area contributed by atoms with Gasteiger partial charge in [-0.1, -0.05) is 12.1 Å². The number of alkyl halides is 3. The standard InChI is InChI=1S/C14H10F3N3OS/c15-14(16,17)12-11(19-10-5-1-2-6-20(10)12)13(21)18-8-9-4-3-7-22-9/h1-7H,8H2,(H,18,21). The van der Waals surface area contributed by atoms with E-state index in [1.54, 1.807) is 18.2 Å². The molecule has 0 aliphatic rings. The Morgan fingerprint density at radius 1 is 1.27 bits per heavy atom. The molecule has 0 aromatic carbocycles. The van der Waals surface area contributed by atoms with Crippen LogP contribution in [0, 0.1) is 0 Å². The highest BCUT2D eigenvalue weighted by Gasteiger charge is 2.40. The number of imidazole rings is 1. The third-order valence-electron chi connectivity index (χ3n) is 3.02. The Bertz CT molecular complexity index is 808. The second-order valence-electron chi connectivity index (χ2n) is 4.50. The third-order valence-corrected chi connectivity index (χ3v) is 3.89. The monoisotopic (exact) mass is 325 g/mol. The zero-order valence-electron chi connectivity index (χ0n) is 11.1. The number of hydrogen-bond acceptors (Lipinski definition) is 3. The van der Waals surface area contributed by atoms with Crippen molar-refractivity contribution < 1.29 is 18.0 Å². The van der Waals surface area contributed by atoms with Crippen LogP contribution in [0.1, 0.15) is 21.1 Å². The van der Waals surface area contributed by atoms with Gasteiger partial charge in [-0.2, -0.15) is 13.2 Å². The normalized spacial score (nSPS) is 11.8. The minimum absolute atomic E-state index is 0.0797. The highest BCUT2D eigenvalue weighted by atomic mass is 32.1. The summed E-state index contributed by atoms with van der Waals surface area (Å²) < 4.78 is 40.6. The number of hydrogen-bond donors (Lipinski definition) is 1. The molecule has 4 nitrogen and oxygen atoms in total. The van der Waals surface area contributed by atoms with E-state index in [0.717, 1.165) is 9.28 Å². The van der Waals surface area contributed by atoms with Gasteiger partial charge in [0.05, 0.1) is 6.54 Å². The van der Waals surface area contributed by atoms with E-state index in [1.807, 2.05) is 5.38 Å². The van der Waals surface area contributed by atoms with Crippen molar-refractivity contribution in [3.05, 3.63) is 58.2 Å². The van der Waals surface area contributed by atoms with Crippen LogP contribution in [0.3, 0.4) is 0 Å². The molecule has 114 valence electrons. The predicted octanol–water partition coefficient (Wildman–Crippen LogP) is 3.34. The molecule has 0 spiro atoms. The number of nitrogens with zero attached hydrogens (tertiary/aromatic N) is 2. The molecule has 0 aliphatic heterocycles. The number of halogens is 3. The van der Waals surface area contributed by atoms with Crippen molar-refractivity contribution in [1.29, 1.82) is 0 Å². The Kier molecular flexibility index (Phi) is 3.61. The first-order valence-corrected chi connectivity index (χ1v) is 7.19. The lowest BCUT2D eigenvalue weighted by Crippen LogP contribution is -2.26. The van der Waals surface area contributed by atoms with Crippen molar-refractivity contribution in [2.45, 2.75) is 12.7 Å². The van der Waals surface area contributed by atoms with Crippen molar-refractivity contribution in [2.75, 3.05) is 0 Å². The van der Waals surface area contributed by atoms with E-state index in [1.165, 1.54) is 29.7 Å². The number of nitrogens with one attached hydrogen (secondary N) is 1. The van der Waals surface area contributed by atoms with Gasteiger partial charge < -0.3 is 5.32 Å². The number of amides is 1. The van der Waals surface area contributed by atoms with Gasteiger partial charge in [0.2, 0.25) is 0 Å². The highest BCUT2D eigenvalue weighted by molar-refractivity contribution is 7.09. The highest BCUT2D eigenvalue weighted by Crippen LogP contribution is 2.32. The summed E-state index contributed by atoms with van der Waals surface area (Å²) in [6.45, 7) is 0.168. The maximum atomic E-state index is 13.2. The lowest BCUT2D eigenvalue weighted by atomic mass is 10.3. The van der Waals surface area contributed by atoms with Crippen molar-refractivity contribution >= 4 is 22.9 Å². The molecule has 8 heteroatoms. The van der Waals surface area contributed by atoms with E-state index >= 15 is 0 Å². The van der Waals surface area contributed by atoms with Gasteiger partial charge in [-0.25, -0.2) is 4.98 Å². The first-order chi connectivity index (χ1) is 10.5. The summed E-state index contributed by atoms with van der Waals surface area (Å²) in [6.07, 6.45) is -3.43. The number of fused-ring (bicyclic) bond motifs is 1. The fraction of sp³-hybridized carbons (Fsp3) is 0.143. The quantitative estimate of drug-likeness (QED) is 0.803. The molecule has 0 saturated carbocycles. The Hall–Kier alpha value is -2.35. The van der Waals surface area contributed by atoms with Gasteiger partial charge >= 0.3 is 6.18 Å². The largest absolute Gasteiger partial charge is 0.434 e. The Balaban J connectivity index is 1.97. The van der Waals surface area contributed by atoms with E-state index in [0.29, 0.717) is 0 Å². The van der Waals surface area contributed by atoms with Crippen LogP contribution < -0.4 is 5.32 Å². The van der Waals surface area contributed by atoms with Gasteiger partial charge in [0.1, 0.15) is 5.65 Å². The minimum atomic E-state index is -4.67. The molecule has 22 heavy (non-hydrogen) atoms. The van der Waals surface area contributed by atoms with E-state index in [9.17, 15) is 18.0 Å². The first kappa shape index (κ1) is 14.6. The van der Waals surface area contributed by atoms with Crippen molar-refractivity contribution in [3.8, 4) is 0 Å². The molecule has 0 fully saturated rings. The Morgan fingerprint density at radius 3 is 2.77 bits per heavy atom. The Morgan fingerprint density at radius 2 is 2.09 bits per heavy atom. The summed E-state index contributed by atoms with van der Waals surface area (Å²) in [7, 11) is 0. The predicted molar refractivity (Wildman–Crippen MR) is 75.7 cm³/mol. The van der Waals surface area contributed by atoms with Gasteiger partial charge in [-0.05, 0) is 23.6 Å². The molecule has 3 aromatic rings. The van der Waals surface area contributed by atoms with Gasteiger partial charge in [0, 0.05) is 11.1 Å². The fourth-order valence-corrected chi connectivity index (χ4v) is 2.73. The van der Waals surface area contributed by atoms with Crippen LogP contribution in [0.5, 0.6) is 0 Å². The summed E-state index contributed by atoms with van der Waals surface area (Å²) in [5.74, 6) is -0.843. The summed E-state index contributed by atoms with van der Waals surface area (Å²) in [4.78, 5) is 16.8. The molecule has 0 aliphatic carbocycles. The van der Waals surface area contributed by atoms with Gasteiger partial charge in [-0.15, -0.1) is 11.3 Å². The summed E-state index contributed by atoms with van der Waals surface area (Å²) >= 11 is 1.41. The maximum absolute atomic E-state index is 13.2. The molecule has 0 unspecified atom stereocenters. The van der Waals surface area contributed by atoms with Crippen molar-refractivity contribution in [1.82, 2.24) is 14.7 Å². The molecule has 3 aromatic heterocycles. The van der Waals surface area contributed by atoms with E-state index < -0.39 is 23.5 Å². The number of carbonyl (C=O) groups excluding carboxylic acids is 1. The van der Waals surface area contributed by atoms with Crippen LogP contribution in [0.25, 0.3) is 5.65 Å². The second-order valence-corrected chi connectivity index (χ2v) is 5.53. The average Bonchev–Trinajstić information content (AvgIpc) is 3.10. The van der Waals surface area contributed by atoms with E-state index in [2.05, 4.69) is 10.3 Å². The molecule has 1 amide bonds. The SMILES string of the molecule is O=C(NCc1cccs1)c1nc2ccccn2c1C(F)(F)F. The van der Waals surface area contributed by atoms with Crippen LogP contribution >= 0.6 is 11.3 Å². The number of aromatic nitrogens is 2. The zero-order chi connectivity index (χ0) is 15.7. The van der Waals surface area contributed by atoms with Crippen LogP contribution in [0.4, 0.5) is 13.2 Å². The number of carbonyl (C=O) groups is 1. The van der Waals surface area contributed by atoms with Crippen molar-refractivity contribution in [2.24, 2.45) is 0 Å². The summed E-state index contributed by atoms with van der Waals surface area (Å²) in [5, 5.41) is 4.30. The Labute approximate surface area is 127 Å². The van der Waals surface area contributed by atoms with Crippen LogP contribution in [0.15, 0.2) is 41.9 Å². The molecule has 3 heterocycles. The van der Waals surface area contributed by atoms with Crippen LogP contribution in [0.2, 0.25) is 0 Å². The molecule has 1 N–H and O–H groups in total. The minimum Gasteiger partial charge on any atom is -0.346 e. The molecule has 0 saturated heterocycles. The van der Waals surface area contributed by atoms with Crippen LogP contribution in [-0.2, 0) is 12.7 Å². The summed E-state index contributed by atoms with van der Waals surface area (Å²) in [5.41, 5.74) is -1.60. The van der Waals surface area contributed by atoms with E-state index in [-0.39, 0.29) is 12.2 Å². The number of rotatable bonds is 3. The number of pyridine rings is 1. The zero-order valence-corrected chi connectivity index (χ0v) is 11.9. The molecule has 0 radical (unpaired) electrons. The smallest absolute Gasteiger partial charge is 0.346 e. The second kappa shape index (κ2) is 5.45. The molecular formula is C14H10F3N3OS.